The number of rotatable bonds is 6. The van der Waals surface area contributed by atoms with Gasteiger partial charge in [0.1, 0.15) is 11.9 Å². The highest BCUT2D eigenvalue weighted by Crippen LogP contribution is 2.13. The van der Waals surface area contributed by atoms with E-state index in [1.165, 1.54) is 0 Å². The van der Waals surface area contributed by atoms with Crippen LogP contribution in [0.25, 0.3) is 0 Å². The van der Waals surface area contributed by atoms with E-state index in [9.17, 15) is 9.59 Å². The number of pyridine rings is 1. The molecule has 24 heavy (non-hydrogen) atoms. The van der Waals surface area contributed by atoms with Crippen molar-refractivity contribution in [1.82, 2.24) is 15.6 Å². The number of anilines is 1. The van der Waals surface area contributed by atoms with Gasteiger partial charge < -0.3 is 20.3 Å². The third-order valence-corrected chi connectivity index (χ3v) is 4.09. The summed E-state index contributed by atoms with van der Waals surface area (Å²) in [6.07, 6.45) is 2.39. The van der Waals surface area contributed by atoms with Gasteiger partial charge in [0, 0.05) is 25.3 Å². The molecule has 0 radical (unpaired) electrons. The number of nitrogens with one attached hydrogen (secondary N) is 2. The van der Waals surface area contributed by atoms with E-state index in [2.05, 4.69) is 20.5 Å². The Labute approximate surface area is 142 Å². The Bertz CT molecular complexity index is 555. The van der Waals surface area contributed by atoms with Gasteiger partial charge in [-0.25, -0.2) is 4.98 Å². The number of morpholine rings is 1. The quantitative estimate of drug-likeness (QED) is 0.809. The highest BCUT2D eigenvalue weighted by atomic mass is 16.5. The molecule has 1 aromatic heterocycles. The average Bonchev–Trinajstić information content (AvgIpc) is 2.62. The van der Waals surface area contributed by atoms with Crippen LogP contribution in [0, 0.1) is 0 Å². The molecule has 1 aliphatic rings. The van der Waals surface area contributed by atoms with Crippen molar-refractivity contribution in [3.63, 3.8) is 0 Å². The minimum atomic E-state index is -0.592. The van der Waals surface area contributed by atoms with Gasteiger partial charge in [-0.1, -0.05) is 6.92 Å². The molecule has 1 fully saturated rings. The van der Waals surface area contributed by atoms with Gasteiger partial charge in [0.25, 0.3) is 5.91 Å². The summed E-state index contributed by atoms with van der Waals surface area (Å²) in [5, 5.41) is 5.55. The number of hydrogen-bond acceptors (Lipinski definition) is 5. The van der Waals surface area contributed by atoms with Crippen molar-refractivity contribution in [2.45, 2.75) is 39.3 Å². The fourth-order valence-electron chi connectivity index (χ4n) is 2.32. The van der Waals surface area contributed by atoms with Gasteiger partial charge in [-0.3, -0.25) is 9.59 Å². The molecule has 0 unspecified atom stereocenters. The number of ether oxygens (including phenoxy) is 1. The van der Waals surface area contributed by atoms with Crippen molar-refractivity contribution < 1.29 is 14.3 Å². The molecule has 1 aromatic rings. The summed E-state index contributed by atoms with van der Waals surface area (Å²) >= 11 is 0. The van der Waals surface area contributed by atoms with Crippen LogP contribution >= 0.6 is 0 Å². The first kappa shape index (κ1) is 18.2. The number of aromatic nitrogens is 1. The van der Waals surface area contributed by atoms with E-state index >= 15 is 0 Å². The van der Waals surface area contributed by atoms with Crippen molar-refractivity contribution in [1.29, 1.82) is 0 Å². The van der Waals surface area contributed by atoms with E-state index in [1.54, 1.807) is 19.2 Å². The maximum atomic E-state index is 12.2. The summed E-state index contributed by atoms with van der Waals surface area (Å²) in [7, 11) is 0. The fraction of sp³-hybridized carbons (Fsp3) is 0.588. The summed E-state index contributed by atoms with van der Waals surface area (Å²) in [6, 6.07) is 3.05. The lowest BCUT2D eigenvalue weighted by molar-refractivity contribution is -0.123. The molecule has 1 aliphatic heterocycles. The van der Waals surface area contributed by atoms with E-state index < -0.39 is 6.04 Å². The van der Waals surface area contributed by atoms with E-state index in [0.717, 1.165) is 25.3 Å². The SMILES string of the molecule is CC[C@H](C)NC(=O)[C@@H](C)NC(=O)c1ccc(N2CCOCC2)nc1. The Morgan fingerprint density at radius 1 is 1.25 bits per heavy atom. The van der Waals surface area contributed by atoms with Crippen LogP contribution in [0.15, 0.2) is 18.3 Å². The third-order valence-electron chi connectivity index (χ3n) is 4.09. The molecule has 1 saturated heterocycles. The topological polar surface area (TPSA) is 83.6 Å². The van der Waals surface area contributed by atoms with Crippen LogP contribution in [0.5, 0.6) is 0 Å². The number of carbonyl (C=O) groups excluding carboxylic acids is 2. The third kappa shape index (κ3) is 4.92. The molecule has 0 aliphatic carbocycles. The van der Waals surface area contributed by atoms with Gasteiger partial charge in [-0.2, -0.15) is 0 Å². The predicted octanol–water partition coefficient (Wildman–Crippen LogP) is 0.951. The number of nitrogens with zero attached hydrogens (tertiary/aromatic N) is 2. The minimum Gasteiger partial charge on any atom is -0.378 e. The minimum absolute atomic E-state index is 0.0892. The van der Waals surface area contributed by atoms with E-state index in [-0.39, 0.29) is 17.9 Å². The van der Waals surface area contributed by atoms with Crippen LogP contribution in [0.2, 0.25) is 0 Å². The van der Waals surface area contributed by atoms with Crippen molar-refractivity contribution in [2.75, 3.05) is 31.2 Å². The first-order valence-electron chi connectivity index (χ1n) is 8.41. The van der Waals surface area contributed by atoms with Gasteiger partial charge in [0.2, 0.25) is 5.91 Å². The lowest BCUT2D eigenvalue weighted by Gasteiger charge is -2.27. The molecule has 2 rings (SSSR count). The van der Waals surface area contributed by atoms with E-state index in [0.29, 0.717) is 18.8 Å². The molecule has 0 spiro atoms. The van der Waals surface area contributed by atoms with Gasteiger partial charge in [-0.05, 0) is 32.4 Å². The largest absolute Gasteiger partial charge is 0.378 e. The van der Waals surface area contributed by atoms with Gasteiger partial charge >= 0.3 is 0 Å². The van der Waals surface area contributed by atoms with E-state index in [1.807, 2.05) is 19.9 Å². The van der Waals surface area contributed by atoms with Crippen molar-refractivity contribution >= 4 is 17.6 Å². The second kappa shape index (κ2) is 8.63. The van der Waals surface area contributed by atoms with Crippen LogP contribution in [-0.4, -0.2) is 55.2 Å². The van der Waals surface area contributed by atoms with Crippen molar-refractivity contribution in [2.24, 2.45) is 0 Å². The zero-order valence-corrected chi connectivity index (χ0v) is 14.5. The standard InChI is InChI=1S/C17H26N4O3/c1-4-12(2)19-16(22)13(3)20-17(23)14-5-6-15(18-11-14)21-7-9-24-10-8-21/h5-6,11-13H,4,7-10H2,1-3H3,(H,19,22)(H,20,23)/t12-,13+/m0/s1. The molecular weight excluding hydrogens is 308 g/mol. The van der Waals surface area contributed by atoms with Crippen LogP contribution in [-0.2, 0) is 9.53 Å². The Morgan fingerprint density at radius 2 is 1.96 bits per heavy atom. The molecule has 132 valence electrons. The maximum Gasteiger partial charge on any atom is 0.253 e. The first-order valence-corrected chi connectivity index (χ1v) is 8.41. The second-order valence-electron chi connectivity index (χ2n) is 6.02. The van der Waals surface area contributed by atoms with Crippen LogP contribution in [0.1, 0.15) is 37.6 Å². The number of hydrogen-bond donors (Lipinski definition) is 2. The highest BCUT2D eigenvalue weighted by molar-refractivity contribution is 5.97. The van der Waals surface area contributed by atoms with Crippen molar-refractivity contribution in [3.05, 3.63) is 23.9 Å². The summed E-state index contributed by atoms with van der Waals surface area (Å²) in [5.41, 5.74) is 0.440. The van der Waals surface area contributed by atoms with Gasteiger partial charge in [0.15, 0.2) is 0 Å². The Balaban J connectivity index is 1.91. The summed E-state index contributed by atoms with van der Waals surface area (Å²) in [6.45, 7) is 8.57. The molecule has 7 heteroatoms. The van der Waals surface area contributed by atoms with Crippen LogP contribution < -0.4 is 15.5 Å². The Hall–Kier alpha value is -2.15. The lowest BCUT2D eigenvalue weighted by atomic mass is 10.2. The summed E-state index contributed by atoms with van der Waals surface area (Å²) in [5.74, 6) is 0.343. The molecule has 7 nitrogen and oxygen atoms in total. The van der Waals surface area contributed by atoms with E-state index in [4.69, 9.17) is 4.74 Å². The molecule has 2 N–H and O–H groups in total. The van der Waals surface area contributed by atoms with Crippen LogP contribution in [0.4, 0.5) is 5.82 Å². The molecule has 2 atom stereocenters. The molecule has 2 amide bonds. The van der Waals surface area contributed by atoms with Crippen molar-refractivity contribution in [3.8, 4) is 0 Å². The van der Waals surface area contributed by atoms with Gasteiger partial charge in [-0.15, -0.1) is 0 Å². The molecular formula is C17H26N4O3. The average molecular weight is 334 g/mol. The lowest BCUT2D eigenvalue weighted by Crippen LogP contribution is -2.47. The monoisotopic (exact) mass is 334 g/mol. The maximum absolute atomic E-state index is 12.2. The zero-order chi connectivity index (χ0) is 17.5. The predicted molar refractivity (Wildman–Crippen MR) is 92.1 cm³/mol. The zero-order valence-electron chi connectivity index (χ0n) is 14.5. The first-order chi connectivity index (χ1) is 11.5. The Kier molecular flexibility index (Phi) is 6.54. The normalized spacial score (nSPS) is 17.0. The smallest absolute Gasteiger partial charge is 0.253 e. The number of carbonyl (C=O) groups is 2. The Morgan fingerprint density at radius 3 is 2.54 bits per heavy atom. The molecule has 2 heterocycles. The number of amides is 2. The van der Waals surface area contributed by atoms with Gasteiger partial charge in [0.05, 0.1) is 18.8 Å². The van der Waals surface area contributed by atoms with Crippen LogP contribution in [0.3, 0.4) is 0 Å². The fourth-order valence-corrected chi connectivity index (χ4v) is 2.32. The summed E-state index contributed by atoms with van der Waals surface area (Å²) in [4.78, 5) is 30.7. The highest BCUT2D eigenvalue weighted by Gasteiger charge is 2.18. The molecule has 0 aromatic carbocycles. The molecule has 0 saturated carbocycles. The summed E-state index contributed by atoms with van der Waals surface area (Å²) < 4.78 is 5.31. The second-order valence-corrected chi connectivity index (χ2v) is 6.02. The molecule has 0 bridgehead atoms.